The first-order valence-electron chi connectivity index (χ1n) is 12.9. The molecule has 2 heteroatoms. The molecule has 172 valence electrons. The van der Waals surface area contributed by atoms with Crippen LogP contribution in [0, 0.1) is 0 Å². The molecule has 2 nitrogen and oxygen atoms in total. The first kappa shape index (κ1) is 28.4. The van der Waals surface area contributed by atoms with Crippen molar-refractivity contribution < 1.29 is 9.47 Å². The van der Waals surface area contributed by atoms with E-state index in [9.17, 15) is 0 Å². The molecule has 0 saturated heterocycles. The summed E-state index contributed by atoms with van der Waals surface area (Å²) in [5, 5.41) is 0. The van der Waals surface area contributed by atoms with Gasteiger partial charge in [0.15, 0.2) is 6.29 Å². The average molecular weight is 409 g/mol. The van der Waals surface area contributed by atoms with Crippen LogP contribution in [0.15, 0.2) is 24.8 Å². The Bertz CT molecular complexity index is 315. The summed E-state index contributed by atoms with van der Waals surface area (Å²) in [7, 11) is 0. The molecule has 0 rings (SSSR count). The molecule has 0 N–H and O–H groups in total. The van der Waals surface area contributed by atoms with Crippen LogP contribution in [0.2, 0.25) is 0 Å². The molecule has 0 aromatic rings. The predicted octanol–water partition coefficient (Wildman–Crippen LogP) is 9.15. The summed E-state index contributed by atoms with van der Waals surface area (Å²) in [6, 6.07) is 0. The lowest BCUT2D eigenvalue weighted by atomic mass is 10.1. The Morgan fingerprint density at radius 3 is 1.45 bits per heavy atom. The zero-order valence-electron chi connectivity index (χ0n) is 20.0. The van der Waals surface area contributed by atoms with Crippen molar-refractivity contribution in [2.24, 2.45) is 0 Å². The minimum Gasteiger partial charge on any atom is -0.353 e. The first-order valence-corrected chi connectivity index (χ1v) is 12.9. The monoisotopic (exact) mass is 408 g/mol. The summed E-state index contributed by atoms with van der Waals surface area (Å²) in [4.78, 5) is 0. The molecule has 0 atom stereocenters. The number of hydrogen-bond acceptors (Lipinski definition) is 2. The van der Waals surface area contributed by atoms with Crippen LogP contribution in [0.25, 0.3) is 0 Å². The van der Waals surface area contributed by atoms with Gasteiger partial charge in [-0.2, -0.15) is 0 Å². The number of ether oxygens (including phenoxy) is 2. The van der Waals surface area contributed by atoms with Crippen molar-refractivity contribution in [3.63, 3.8) is 0 Å². The van der Waals surface area contributed by atoms with E-state index < -0.39 is 0 Å². The van der Waals surface area contributed by atoms with Crippen LogP contribution in [0.5, 0.6) is 0 Å². The third kappa shape index (κ3) is 23.5. The van der Waals surface area contributed by atoms with Gasteiger partial charge in [0.2, 0.25) is 0 Å². The first-order chi connectivity index (χ1) is 14.3. The lowest BCUT2D eigenvalue weighted by Crippen LogP contribution is -2.18. The van der Waals surface area contributed by atoms with Gasteiger partial charge in [0.05, 0.1) is 0 Å². The molecule has 0 aliphatic heterocycles. The highest BCUT2D eigenvalue weighted by molar-refractivity contribution is 4.96. The topological polar surface area (TPSA) is 18.5 Å². The van der Waals surface area contributed by atoms with E-state index in [0.717, 1.165) is 38.9 Å². The number of allylic oxidation sites excluding steroid dienone is 3. The summed E-state index contributed by atoms with van der Waals surface area (Å²) in [6.07, 6.45) is 29.3. The van der Waals surface area contributed by atoms with Crippen molar-refractivity contribution in [2.45, 2.75) is 136 Å². The maximum Gasteiger partial charge on any atom is 0.157 e. The van der Waals surface area contributed by atoms with Crippen molar-refractivity contribution in [3.05, 3.63) is 24.8 Å². The number of hydrogen-bond donors (Lipinski definition) is 0. The highest BCUT2D eigenvalue weighted by Crippen LogP contribution is 2.12. The lowest BCUT2D eigenvalue weighted by Gasteiger charge is -2.18. The minimum absolute atomic E-state index is 0.0430. The summed E-state index contributed by atoms with van der Waals surface area (Å²) in [6.45, 7) is 9.95. The van der Waals surface area contributed by atoms with Gasteiger partial charge < -0.3 is 9.47 Å². The molecule has 0 aromatic heterocycles. The van der Waals surface area contributed by atoms with Crippen LogP contribution in [-0.2, 0) is 9.47 Å². The van der Waals surface area contributed by atoms with Gasteiger partial charge in [-0.25, -0.2) is 0 Å². The Kier molecular flexibility index (Phi) is 24.9. The van der Waals surface area contributed by atoms with Crippen molar-refractivity contribution in [1.82, 2.24) is 0 Å². The molecule has 0 bridgehead atoms. The van der Waals surface area contributed by atoms with Crippen LogP contribution in [0.4, 0.5) is 0 Å². The molecule has 0 aliphatic rings. The van der Waals surface area contributed by atoms with Crippen LogP contribution < -0.4 is 0 Å². The van der Waals surface area contributed by atoms with Crippen molar-refractivity contribution in [1.29, 1.82) is 0 Å². The molecule has 0 saturated carbocycles. The van der Waals surface area contributed by atoms with Crippen molar-refractivity contribution >= 4 is 0 Å². The third-order valence-corrected chi connectivity index (χ3v) is 5.44. The van der Waals surface area contributed by atoms with E-state index in [1.54, 1.807) is 0 Å². The second-order valence-corrected chi connectivity index (χ2v) is 8.36. The molecule has 0 heterocycles. The Hall–Kier alpha value is -0.600. The summed E-state index contributed by atoms with van der Waals surface area (Å²) < 4.78 is 12.1. The molecule has 29 heavy (non-hydrogen) atoms. The third-order valence-electron chi connectivity index (χ3n) is 5.44. The van der Waals surface area contributed by atoms with E-state index in [2.05, 4.69) is 26.5 Å². The molecule has 0 radical (unpaired) electrons. The van der Waals surface area contributed by atoms with Gasteiger partial charge in [-0.1, -0.05) is 129 Å². The van der Waals surface area contributed by atoms with Gasteiger partial charge in [-0.15, -0.1) is 0 Å². The smallest absolute Gasteiger partial charge is 0.157 e. The summed E-state index contributed by atoms with van der Waals surface area (Å²) in [5.41, 5.74) is 0. The molecule has 0 unspecified atom stereocenters. The fourth-order valence-electron chi connectivity index (χ4n) is 3.54. The summed E-state index contributed by atoms with van der Waals surface area (Å²) >= 11 is 0. The largest absolute Gasteiger partial charge is 0.353 e. The van der Waals surface area contributed by atoms with Crippen LogP contribution in [0.1, 0.15) is 129 Å². The van der Waals surface area contributed by atoms with Crippen LogP contribution in [-0.4, -0.2) is 19.5 Å². The zero-order chi connectivity index (χ0) is 21.3. The second-order valence-electron chi connectivity index (χ2n) is 8.36. The van der Waals surface area contributed by atoms with E-state index in [1.165, 1.54) is 89.9 Å². The fraction of sp³-hybridized carbons (Fsp3) is 0.852. The Morgan fingerprint density at radius 2 is 1.03 bits per heavy atom. The summed E-state index contributed by atoms with van der Waals surface area (Å²) in [5.74, 6) is 0. The molecule has 0 spiro atoms. The molecular weight excluding hydrogens is 356 g/mol. The van der Waals surface area contributed by atoms with Crippen LogP contribution >= 0.6 is 0 Å². The maximum absolute atomic E-state index is 6.06. The number of rotatable bonds is 24. The number of unbranched alkanes of at least 4 members (excludes halogenated alkanes) is 14. The molecule has 0 aromatic carbocycles. The predicted molar refractivity (Wildman–Crippen MR) is 129 cm³/mol. The normalized spacial score (nSPS) is 11.7. The van der Waals surface area contributed by atoms with Gasteiger partial charge in [0.25, 0.3) is 0 Å². The highest BCUT2D eigenvalue weighted by atomic mass is 16.7. The molecule has 0 aliphatic carbocycles. The van der Waals surface area contributed by atoms with Gasteiger partial charge >= 0.3 is 0 Å². The molecule has 0 amide bonds. The van der Waals surface area contributed by atoms with E-state index in [4.69, 9.17) is 9.47 Å². The van der Waals surface area contributed by atoms with Crippen molar-refractivity contribution in [2.75, 3.05) is 13.2 Å². The quantitative estimate of drug-likeness (QED) is 0.0900. The SMILES string of the molecule is C=C/C=C/CCC(OCCCCCCCCCC)OCCCCCCCCCC. The van der Waals surface area contributed by atoms with E-state index in [-0.39, 0.29) is 6.29 Å². The van der Waals surface area contributed by atoms with Crippen molar-refractivity contribution in [3.8, 4) is 0 Å². The fourth-order valence-corrected chi connectivity index (χ4v) is 3.54. The van der Waals surface area contributed by atoms with Gasteiger partial charge in [-0.3, -0.25) is 0 Å². The standard InChI is InChI=1S/C27H52O2/c1-4-7-10-13-15-17-19-22-25-28-27(24-21-12-9-6-3)29-26-23-20-18-16-14-11-8-5-2/h6,9,12,27H,3-5,7-8,10-11,13-26H2,1-2H3/b12-9+. The molecular formula is C27H52O2. The van der Waals surface area contributed by atoms with Gasteiger partial charge in [0.1, 0.15) is 0 Å². The van der Waals surface area contributed by atoms with E-state index >= 15 is 0 Å². The Balaban J connectivity index is 3.75. The van der Waals surface area contributed by atoms with Crippen LogP contribution in [0.3, 0.4) is 0 Å². The van der Waals surface area contributed by atoms with E-state index in [0.29, 0.717) is 0 Å². The average Bonchev–Trinajstić information content (AvgIpc) is 2.73. The van der Waals surface area contributed by atoms with E-state index in [1.807, 2.05) is 12.2 Å². The maximum atomic E-state index is 6.06. The second kappa shape index (κ2) is 25.4. The lowest BCUT2D eigenvalue weighted by molar-refractivity contribution is -0.146. The molecule has 0 fully saturated rings. The zero-order valence-corrected chi connectivity index (χ0v) is 20.0. The van der Waals surface area contributed by atoms with Gasteiger partial charge in [-0.05, 0) is 19.3 Å². The Labute approximate surface area is 183 Å². The Morgan fingerprint density at radius 1 is 0.621 bits per heavy atom. The highest BCUT2D eigenvalue weighted by Gasteiger charge is 2.08. The minimum atomic E-state index is -0.0430. The van der Waals surface area contributed by atoms with Gasteiger partial charge in [0, 0.05) is 19.6 Å².